The van der Waals surface area contributed by atoms with Crippen LogP contribution in [0.1, 0.15) is 159 Å². The van der Waals surface area contributed by atoms with Crippen molar-refractivity contribution in [2.75, 3.05) is 0 Å². The number of aromatic nitrogens is 2. The Labute approximate surface area is 231 Å². The first kappa shape index (κ1) is 31.6. The van der Waals surface area contributed by atoms with Crippen LogP contribution in [0.2, 0.25) is 0 Å². The van der Waals surface area contributed by atoms with Crippen LogP contribution in [0.5, 0.6) is 0 Å². The third-order valence-electron chi connectivity index (χ3n) is 7.91. The van der Waals surface area contributed by atoms with E-state index < -0.39 is 0 Å². The lowest BCUT2D eigenvalue weighted by molar-refractivity contribution is 0.525. The van der Waals surface area contributed by atoms with Crippen molar-refractivity contribution in [1.82, 2.24) is 9.55 Å². The van der Waals surface area contributed by atoms with E-state index in [0.717, 1.165) is 25.8 Å². The zero-order valence-corrected chi connectivity index (χ0v) is 24.8. The Morgan fingerprint density at radius 3 is 1.59 bits per heavy atom. The maximum Gasteiger partial charge on any atom is 0.108 e. The van der Waals surface area contributed by atoms with E-state index in [0.29, 0.717) is 0 Å². The van der Waals surface area contributed by atoms with Crippen LogP contribution in [0.15, 0.2) is 36.5 Å². The Kier molecular flexibility index (Phi) is 19.2. The lowest BCUT2D eigenvalue weighted by atomic mass is 10.0. The maximum atomic E-state index is 5.09. The molecule has 0 saturated heterocycles. The van der Waals surface area contributed by atoms with Crippen LogP contribution < -0.4 is 0 Å². The Bertz CT molecular complexity index is 748. The molecule has 0 atom stereocenters. The number of imidazole rings is 1. The number of benzene rings is 1. The predicted molar refractivity (Wildman–Crippen MR) is 163 cm³/mol. The van der Waals surface area contributed by atoms with Crippen LogP contribution in [0, 0.1) is 0 Å². The van der Waals surface area contributed by atoms with Gasteiger partial charge in [-0.05, 0) is 37.7 Å². The molecular formula is C35H60N2. The number of rotatable bonds is 25. The first-order valence-corrected chi connectivity index (χ1v) is 16.4. The molecule has 1 aromatic heterocycles. The highest BCUT2D eigenvalue weighted by Crippen LogP contribution is 2.16. The normalized spacial score (nSPS) is 11.4. The number of hydrogen-bond donors (Lipinski definition) is 0. The van der Waals surface area contributed by atoms with Gasteiger partial charge in [0.25, 0.3) is 0 Å². The maximum absolute atomic E-state index is 5.09. The summed E-state index contributed by atoms with van der Waals surface area (Å²) in [6.07, 6.45) is 33.7. The third kappa shape index (κ3) is 16.1. The quantitative estimate of drug-likeness (QED) is 0.122. The van der Waals surface area contributed by atoms with Gasteiger partial charge in [0.2, 0.25) is 0 Å². The Morgan fingerprint density at radius 2 is 1.03 bits per heavy atom. The van der Waals surface area contributed by atoms with Crippen molar-refractivity contribution in [3.63, 3.8) is 0 Å². The minimum Gasteiger partial charge on any atom is -0.335 e. The highest BCUT2D eigenvalue weighted by molar-refractivity contribution is 5.15. The topological polar surface area (TPSA) is 17.8 Å². The summed E-state index contributed by atoms with van der Waals surface area (Å²) >= 11 is 0. The standard InChI is InChI=1S/C35H60N2/c1-3-5-7-8-9-10-11-12-13-14-15-16-17-18-19-23-30-35-36-34(32-37(35)31-24-6-4-2)29-25-28-33-26-21-20-22-27-33/h20-22,26-27,32H,3-19,23-25,28-31H2,1-2H3. The Hall–Kier alpha value is -1.57. The van der Waals surface area contributed by atoms with Gasteiger partial charge in [0.05, 0.1) is 5.69 Å². The molecule has 0 spiro atoms. The summed E-state index contributed by atoms with van der Waals surface area (Å²) in [6, 6.07) is 10.9. The minimum absolute atomic E-state index is 1.10. The van der Waals surface area contributed by atoms with Crippen LogP contribution >= 0.6 is 0 Å². The molecule has 0 bridgehead atoms. The molecule has 0 aliphatic heterocycles. The molecule has 1 aromatic carbocycles. The van der Waals surface area contributed by atoms with Crippen LogP contribution in [0.4, 0.5) is 0 Å². The fourth-order valence-electron chi connectivity index (χ4n) is 5.51. The van der Waals surface area contributed by atoms with E-state index in [4.69, 9.17) is 4.98 Å². The number of unbranched alkanes of at least 4 members (excludes halogenated alkanes) is 17. The van der Waals surface area contributed by atoms with Gasteiger partial charge in [-0.15, -0.1) is 0 Å². The average molecular weight is 509 g/mol. The Balaban J connectivity index is 1.53. The average Bonchev–Trinajstić information content (AvgIpc) is 3.30. The molecular weight excluding hydrogens is 448 g/mol. The summed E-state index contributed by atoms with van der Waals surface area (Å²) in [7, 11) is 0. The lowest BCUT2D eigenvalue weighted by Crippen LogP contribution is -2.03. The summed E-state index contributed by atoms with van der Waals surface area (Å²) in [4.78, 5) is 5.09. The number of hydrogen-bond acceptors (Lipinski definition) is 1. The molecule has 0 unspecified atom stereocenters. The summed E-state index contributed by atoms with van der Waals surface area (Å²) in [6.45, 7) is 5.74. The zero-order valence-electron chi connectivity index (χ0n) is 24.8. The SMILES string of the molecule is CCCCCCCCCCCCCCCCCCc1nc(CCCc2ccccc2)cn1CCCCC. The predicted octanol–water partition coefficient (Wildman–Crippen LogP) is 11.1. The van der Waals surface area contributed by atoms with Crippen molar-refractivity contribution in [3.05, 3.63) is 53.6 Å². The van der Waals surface area contributed by atoms with Gasteiger partial charge < -0.3 is 4.57 Å². The van der Waals surface area contributed by atoms with E-state index in [1.807, 2.05) is 0 Å². The summed E-state index contributed by atoms with van der Waals surface area (Å²) in [5.41, 5.74) is 2.75. The van der Waals surface area contributed by atoms with Gasteiger partial charge in [0, 0.05) is 19.2 Å². The van der Waals surface area contributed by atoms with Gasteiger partial charge in [0.15, 0.2) is 0 Å². The van der Waals surface area contributed by atoms with E-state index in [1.165, 1.54) is 145 Å². The summed E-state index contributed by atoms with van der Waals surface area (Å²) in [5.74, 6) is 1.34. The summed E-state index contributed by atoms with van der Waals surface area (Å²) in [5, 5.41) is 0. The lowest BCUT2D eigenvalue weighted by Gasteiger charge is -2.07. The van der Waals surface area contributed by atoms with E-state index in [1.54, 1.807) is 0 Å². The van der Waals surface area contributed by atoms with Gasteiger partial charge in [0.1, 0.15) is 5.82 Å². The van der Waals surface area contributed by atoms with Crippen molar-refractivity contribution >= 4 is 0 Å². The molecule has 0 N–H and O–H groups in total. The first-order chi connectivity index (χ1) is 18.3. The fourth-order valence-corrected chi connectivity index (χ4v) is 5.51. The second-order valence-electron chi connectivity index (χ2n) is 11.4. The third-order valence-corrected chi connectivity index (χ3v) is 7.91. The number of aryl methyl sites for hydroxylation is 4. The molecule has 2 aromatic rings. The van der Waals surface area contributed by atoms with Crippen LogP contribution in [-0.2, 0) is 25.8 Å². The second-order valence-corrected chi connectivity index (χ2v) is 11.4. The molecule has 0 aliphatic rings. The Morgan fingerprint density at radius 1 is 0.514 bits per heavy atom. The number of nitrogens with zero attached hydrogens (tertiary/aromatic N) is 2. The smallest absolute Gasteiger partial charge is 0.108 e. The van der Waals surface area contributed by atoms with E-state index in [-0.39, 0.29) is 0 Å². The largest absolute Gasteiger partial charge is 0.335 e. The first-order valence-electron chi connectivity index (χ1n) is 16.4. The molecule has 2 nitrogen and oxygen atoms in total. The monoisotopic (exact) mass is 508 g/mol. The molecule has 0 saturated carbocycles. The summed E-state index contributed by atoms with van der Waals surface area (Å²) < 4.78 is 2.48. The van der Waals surface area contributed by atoms with Crippen LogP contribution in [-0.4, -0.2) is 9.55 Å². The van der Waals surface area contributed by atoms with Gasteiger partial charge in [-0.3, -0.25) is 0 Å². The van der Waals surface area contributed by atoms with E-state index in [2.05, 4.69) is 54.9 Å². The molecule has 2 heteroatoms. The molecule has 37 heavy (non-hydrogen) atoms. The zero-order chi connectivity index (χ0) is 26.2. The van der Waals surface area contributed by atoms with Crippen molar-refractivity contribution in [1.29, 1.82) is 0 Å². The second kappa shape index (κ2) is 22.4. The molecule has 0 radical (unpaired) electrons. The van der Waals surface area contributed by atoms with Crippen molar-refractivity contribution in [2.24, 2.45) is 0 Å². The molecule has 210 valence electrons. The van der Waals surface area contributed by atoms with Gasteiger partial charge >= 0.3 is 0 Å². The highest BCUT2D eigenvalue weighted by atomic mass is 15.1. The molecule has 0 fully saturated rings. The molecule has 2 rings (SSSR count). The highest BCUT2D eigenvalue weighted by Gasteiger charge is 2.08. The van der Waals surface area contributed by atoms with Crippen molar-refractivity contribution in [3.8, 4) is 0 Å². The van der Waals surface area contributed by atoms with Gasteiger partial charge in [-0.1, -0.05) is 153 Å². The van der Waals surface area contributed by atoms with Crippen molar-refractivity contribution < 1.29 is 0 Å². The molecule has 1 heterocycles. The van der Waals surface area contributed by atoms with E-state index >= 15 is 0 Å². The molecule has 0 amide bonds. The molecule has 0 aliphatic carbocycles. The van der Waals surface area contributed by atoms with E-state index in [9.17, 15) is 0 Å². The fraction of sp³-hybridized carbons (Fsp3) is 0.743. The van der Waals surface area contributed by atoms with Crippen LogP contribution in [0.3, 0.4) is 0 Å². The van der Waals surface area contributed by atoms with Crippen molar-refractivity contribution in [2.45, 2.75) is 168 Å². The van der Waals surface area contributed by atoms with Crippen LogP contribution in [0.25, 0.3) is 0 Å². The van der Waals surface area contributed by atoms with Gasteiger partial charge in [-0.2, -0.15) is 0 Å². The minimum atomic E-state index is 1.10. The van der Waals surface area contributed by atoms with Gasteiger partial charge in [-0.25, -0.2) is 4.98 Å².